The van der Waals surface area contributed by atoms with E-state index in [1.165, 1.54) is 9.80 Å². The summed E-state index contributed by atoms with van der Waals surface area (Å²) in [6.07, 6.45) is 3.10. The van der Waals surface area contributed by atoms with Crippen LogP contribution in [0.4, 0.5) is 0 Å². The van der Waals surface area contributed by atoms with Crippen LogP contribution in [-0.2, 0) is 28.8 Å². The Morgan fingerprint density at radius 1 is 0.837 bits per heavy atom. The molecule has 2 fully saturated rings. The predicted molar refractivity (Wildman–Crippen MR) is 179 cm³/mol. The first-order valence-electron chi connectivity index (χ1n) is 16.9. The molecular weight excluding hydrogens is 642 g/mol. The van der Waals surface area contributed by atoms with E-state index in [0.717, 1.165) is 0 Å². The van der Waals surface area contributed by atoms with E-state index in [4.69, 9.17) is 33.8 Å². The Morgan fingerprint density at radius 2 is 1.47 bits per heavy atom. The number of hydrogen-bond acceptors (Lipinski definition) is 11. The van der Waals surface area contributed by atoms with Crippen molar-refractivity contribution in [2.24, 2.45) is 33.7 Å². The number of amides is 5. The van der Waals surface area contributed by atoms with Crippen LogP contribution >= 0.6 is 0 Å². The van der Waals surface area contributed by atoms with Crippen molar-refractivity contribution in [1.29, 1.82) is 0 Å². The number of hydrogen-bond donors (Lipinski definition) is 10. The number of aliphatic hydroxyl groups excluding tert-OH is 1. The van der Waals surface area contributed by atoms with Gasteiger partial charge in [-0.25, -0.2) is 0 Å². The molecule has 15 N–H and O–H groups in total. The van der Waals surface area contributed by atoms with Crippen LogP contribution in [0.2, 0.25) is 0 Å². The number of nitrogens with zero attached hydrogens (tertiary/aromatic N) is 3. The summed E-state index contributed by atoms with van der Waals surface area (Å²) in [7, 11) is 0. The number of carboxylic acid groups (broad SMARTS) is 1. The maximum atomic E-state index is 14.1. The maximum Gasteiger partial charge on any atom is 0.322 e. The number of rotatable bonds is 21. The van der Waals surface area contributed by atoms with Gasteiger partial charge < -0.3 is 64.6 Å². The Balaban J connectivity index is 2.26. The monoisotopic (exact) mass is 697 g/mol. The maximum absolute atomic E-state index is 14.1. The van der Waals surface area contributed by atoms with E-state index in [1.54, 1.807) is 0 Å². The molecular formula is C30H55N11O8. The van der Waals surface area contributed by atoms with Crippen molar-refractivity contribution >= 4 is 41.5 Å². The highest BCUT2D eigenvalue weighted by Gasteiger charge is 2.45. The van der Waals surface area contributed by atoms with Gasteiger partial charge in [0.15, 0.2) is 5.96 Å². The van der Waals surface area contributed by atoms with Gasteiger partial charge in [0.05, 0.1) is 12.1 Å². The SMILES string of the molecule is NCCCC[C@H](NC(=O)[C@@H](N)CCCCN)C(=O)N[C@@H](CCCN=C(N)N)C(=O)N1CCC[C@H]1C(=O)N1C[C@H](O)C[C@H]1C(=O)NCC(=O)O. The lowest BCUT2D eigenvalue weighted by Crippen LogP contribution is -2.58. The molecule has 2 aliphatic heterocycles. The molecule has 0 bridgehead atoms. The van der Waals surface area contributed by atoms with Gasteiger partial charge in [-0.05, 0) is 70.9 Å². The molecule has 2 saturated heterocycles. The average Bonchev–Trinajstić information content (AvgIpc) is 3.71. The van der Waals surface area contributed by atoms with Crippen molar-refractivity contribution in [3.63, 3.8) is 0 Å². The van der Waals surface area contributed by atoms with Crippen LogP contribution in [0, 0.1) is 0 Å². The summed E-state index contributed by atoms with van der Waals surface area (Å²) in [5, 5.41) is 27.0. The fraction of sp³-hybridized carbons (Fsp3) is 0.767. The second kappa shape index (κ2) is 21.1. The summed E-state index contributed by atoms with van der Waals surface area (Å²) in [5.41, 5.74) is 28.1. The molecule has 2 heterocycles. The third-order valence-corrected chi connectivity index (χ3v) is 8.55. The number of likely N-dealkylation sites (tertiary alicyclic amines) is 2. The number of carboxylic acids is 1. The highest BCUT2D eigenvalue weighted by Crippen LogP contribution is 2.26. The first-order valence-corrected chi connectivity index (χ1v) is 16.9. The number of unbranched alkanes of at least 4 members (excludes halogenated alkanes) is 2. The van der Waals surface area contributed by atoms with Crippen molar-refractivity contribution in [1.82, 2.24) is 25.8 Å². The van der Waals surface area contributed by atoms with Crippen LogP contribution in [0.25, 0.3) is 0 Å². The first kappa shape index (κ1) is 41.1. The summed E-state index contributed by atoms with van der Waals surface area (Å²) in [4.78, 5) is 84.6. The third kappa shape index (κ3) is 13.4. The standard InChI is InChI=1S/C30H55N11O8/c31-11-3-1-7-19(33)25(45)38-20(8-2-4-12-32)26(46)39-21(9-5-13-36-30(34)35)28(48)40-14-6-10-22(40)29(49)41-17-18(42)15-23(41)27(47)37-16-24(43)44/h18-23,42H,1-17,31-33H2,(H,37,47)(H,38,45)(H,39,46)(H,43,44)(H4,34,35,36)/t18-,19+,20+,21+,22+,23+/m1/s1. The Labute approximate surface area is 286 Å². The van der Waals surface area contributed by atoms with Crippen molar-refractivity contribution in [3.8, 4) is 0 Å². The Hall–Kier alpha value is -4.07. The van der Waals surface area contributed by atoms with Crippen molar-refractivity contribution in [2.45, 2.75) is 107 Å². The number of aliphatic carboxylic acids is 1. The summed E-state index contributed by atoms with van der Waals surface area (Å²) in [5.74, 6) is -4.38. The zero-order valence-corrected chi connectivity index (χ0v) is 28.1. The van der Waals surface area contributed by atoms with E-state index in [9.17, 15) is 33.9 Å². The minimum Gasteiger partial charge on any atom is -0.480 e. The molecule has 19 heteroatoms. The third-order valence-electron chi connectivity index (χ3n) is 8.55. The molecule has 2 rings (SSSR count). The van der Waals surface area contributed by atoms with Gasteiger partial charge in [-0.2, -0.15) is 0 Å². The number of carbonyl (C=O) groups excluding carboxylic acids is 5. The van der Waals surface area contributed by atoms with Crippen LogP contribution in [0.5, 0.6) is 0 Å². The summed E-state index contributed by atoms with van der Waals surface area (Å²) >= 11 is 0. The summed E-state index contributed by atoms with van der Waals surface area (Å²) in [6.45, 7) is 0.375. The molecule has 2 aliphatic rings. The zero-order valence-electron chi connectivity index (χ0n) is 28.1. The predicted octanol–water partition coefficient (Wildman–Crippen LogP) is -4.25. The van der Waals surface area contributed by atoms with E-state index in [0.29, 0.717) is 58.0 Å². The van der Waals surface area contributed by atoms with Gasteiger partial charge in [-0.3, -0.25) is 33.8 Å². The van der Waals surface area contributed by atoms with E-state index in [-0.39, 0.29) is 51.3 Å². The molecule has 0 aromatic rings. The van der Waals surface area contributed by atoms with E-state index >= 15 is 0 Å². The zero-order chi connectivity index (χ0) is 36.5. The fourth-order valence-electron chi connectivity index (χ4n) is 5.98. The topological polar surface area (TPSA) is 328 Å². The average molecular weight is 698 g/mol. The number of nitrogens with one attached hydrogen (secondary N) is 3. The second-order valence-corrected chi connectivity index (χ2v) is 12.4. The normalized spacial score (nSPS) is 20.6. The van der Waals surface area contributed by atoms with E-state index < -0.39 is 78.4 Å². The van der Waals surface area contributed by atoms with Crippen molar-refractivity contribution in [2.75, 3.05) is 39.3 Å². The number of aliphatic hydroxyl groups is 1. The largest absolute Gasteiger partial charge is 0.480 e. The fourth-order valence-corrected chi connectivity index (χ4v) is 5.98. The van der Waals surface area contributed by atoms with Crippen LogP contribution in [0.1, 0.15) is 70.6 Å². The lowest BCUT2D eigenvalue weighted by Gasteiger charge is -2.33. The minimum absolute atomic E-state index is 0.0880. The number of aliphatic imine (C=N–C) groups is 1. The van der Waals surface area contributed by atoms with Gasteiger partial charge in [0.25, 0.3) is 0 Å². The highest BCUT2D eigenvalue weighted by atomic mass is 16.4. The quantitative estimate of drug-likeness (QED) is 0.0309. The number of β-amino-alcohol motifs (C(OH)–C–C–N with tert-alkyl or cyclic N) is 1. The first-order chi connectivity index (χ1) is 23.3. The molecule has 6 atom stereocenters. The van der Waals surface area contributed by atoms with Gasteiger partial charge in [0.1, 0.15) is 30.7 Å². The number of carbonyl (C=O) groups is 6. The van der Waals surface area contributed by atoms with E-state index in [2.05, 4.69) is 20.9 Å². The number of guanidine groups is 1. The minimum atomic E-state index is -1.27. The summed E-state index contributed by atoms with van der Waals surface area (Å²) < 4.78 is 0. The lowest BCUT2D eigenvalue weighted by molar-refractivity contribution is -0.148. The molecule has 49 heavy (non-hydrogen) atoms. The van der Waals surface area contributed by atoms with Crippen LogP contribution < -0.4 is 44.6 Å². The lowest BCUT2D eigenvalue weighted by atomic mass is 10.0. The van der Waals surface area contributed by atoms with E-state index in [1.807, 2.05) is 0 Å². The van der Waals surface area contributed by atoms with Crippen LogP contribution in [0.15, 0.2) is 4.99 Å². The Bertz CT molecular complexity index is 1170. The molecule has 0 spiro atoms. The second-order valence-electron chi connectivity index (χ2n) is 12.4. The summed E-state index contributed by atoms with van der Waals surface area (Å²) in [6, 6.07) is -5.10. The molecule has 0 radical (unpaired) electrons. The van der Waals surface area contributed by atoms with Crippen LogP contribution in [-0.4, -0.2) is 137 Å². The highest BCUT2D eigenvalue weighted by molar-refractivity contribution is 5.96. The van der Waals surface area contributed by atoms with Crippen LogP contribution in [0.3, 0.4) is 0 Å². The molecule has 0 aromatic carbocycles. The van der Waals surface area contributed by atoms with Gasteiger partial charge in [0, 0.05) is 26.1 Å². The molecule has 278 valence electrons. The molecule has 0 aliphatic carbocycles. The van der Waals surface area contributed by atoms with Gasteiger partial charge in [-0.1, -0.05) is 6.42 Å². The molecule has 5 amide bonds. The van der Waals surface area contributed by atoms with Gasteiger partial charge in [-0.15, -0.1) is 0 Å². The molecule has 19 nitrogen and oxygen atoms in total. The van der Waals surface area contributed by atoms with Gasteiger partial charge >= 0.3 is 5.97 Å². The Kier molecular flexibility index (Phi) is 17.7. The molecule has 0 unspecified atom stereocenters. The van der Waals surface area contributed by atoms with Crippen molar-refractivity contribution < 1.29 is 39.0 Å². The van der Waals surface area contributed by atoms with Crippen molar-refractivity contribution in [3.05, 3.63) is 0 Å². The Morgan fingerprint density at radius 3 is 2.10 bits per heavy atom. The van der Waals surface area contributed by atoms with Gasteiger partial charge in [0.2, 0.25) is 29.5 Å². The smallest absolute Gasteiger partial charge is 0.322 e. The molecule has 0 saturated carbocycles. The molecule has 0 aromatic heterocycles. The number of nitrogens with two attached hydrogens (primary N) is 5.